The molecule has 2 saturated heterocycles. The van der Waals surface area contributed by atoms with Crippen molar-refractivity contribution in [3.63, 3.8) is 0 Å². The number of amides is 4. The van der Waals surface area contributed by atoms with Crippen molar-refractivity contribution in [3.8, 4) is 17.0 Å². The number of thiophene rings is 1. The average Bonchev–Trinajstić information content (AvgIpc) is 4.21. The fourth-order valence-electron chi connectivity index (χ4n) is 11.1. The van der Waals surface area contributed by atoms with Crippen molar-refractivity contribution in [3.05, 3.63) is 87.1 Å². The molecule has 7 heterocycles. The monoisotopic (exact) mass is 957 g/mol. The summed E-state index contributed by atoms with van der Waals surface area (Å²) in [7, 11) is 2.58. The number of ether oxygens (including phenoxy) is 3. The Morgan fingerprint density at radius 3 is 1.93 bits per heavy atom. The van der Waals surface area contributed by atoms with Crippen LogP contribution in [-0.4, -0.2) is 101 Å². The summed E-state index contributed by atoms with van der Waals surface area (Å²) in [5, 5.41) is 6.40. The molecule has 1 aliphatic carbocycles. The van der Waals surface area contributed by atoms with Crippen molar-refractivity contribution in [2.75, 3.05) is 27.3 Å². The van der Waals surface area contributed by atoms with Crippen LogP contribution in [0, 0.1) is 17.7 Å². The first kappa shape index (κ1) is 46.4. The summed E-state index contributed by atoms with van der Waals surface area (Å²) in [5.74, 6) is -0.508. The van der Waals surface area contributed by atoms with E-state index in [9.17, 15) is 19.2 Å². The molecule has 69 heavy (non-hydrogen) atoms. The van der Waals surface area contributed by atoms with Crippen LogP contribution in [0.5, 0.6) is 5.75 Å². The van der Waals surface area contributed by atoms with Crippen LogP contribution in [0.25, 0.3) is 33.3 Å². The van der Waals surface area contributed by atoms with Gasteiger partial charge in [0.05, 0.1) is 48.0 Å². The number of rotatable bonds is 11. The quantitative estimate of drug-likeness (QED) is 0.152. The number of fused-ring (bicyclic) bond motifs is 6. The average molecular weight is 958 g/mol. The molecule has 5 atom stereocenters. The maximum absolute atomic E-state index is 17.0. The number of carbonyl (C=O) groups excluding carboxylic acids is 4. The molecule has 2 aromatic carbocycles. The van der Waals surface area contributed by atoms with Gasteiger partial charge in [0, 0.05) is 60.0 Å². The van der Waals surface area contributed by atoms with Crippen LogP contribution in [0.2, 0.25) is 0 Å². The lowest BCUT2D eigenvalue weighted by molar-refractivity contribution is -0.134. The summed E-state index contributed by atoms with van der Waals surface area (Å²) < 4.78 is 35.8. The number of hydrogen-bond donors (Lipinski definition) is 2. The zero-order chi connectivity index (χ0) is 48.2. The zero-order valence-electron chi connectivity index (χ0n) is 40.1. The van der Waals surface area contributed by atoms with Gasteiger partial charge in [-0.1, -0.05) is 33.8 Å². The second-order valence-corrected chi connectivity index (χ2v) is 20.9. The Morgan fingerprint density at radius 1 is 0.754 bits per heavy atom. The third-order valence-electron chi connectivity index (χ3n) is 14.8. The second-order valence-electron chi connectivity index (χ2n) is 19.8. The highest BCUT2D eigenvalue weighted by atomic mass is 32.1. The van der Waals surface area contributed by atoms with Gasteiger partial charge < -0.3 is 34.6 Å². The maximum atomic E-state index is 17.0. The molecule has 2 N–H and O–H groups in total. The van der Waals surface area contributed by atoms with Crippen LogP contribution in [-0.2, 0) is 31.9 Å². The van der Waals surface area contributed by atoms with Gasteiger partial charge in [0.15, 0.2) is 0 Å². The van der Waals surface area contributed by atoms with Gasteiger partial charge in [-0.25, -0.2) is 14.0 Å². The Hall–Kier alpha value is -6.29. The molecule has 14 nitrogen and oxygen atoms in total. The van der Waals surface area contributed by atoms with Gasteiger partial charge in [-0.3, -0.25) is 24.1 Å². The van der Waals surface area contributed by atoms with E-state index in [-0.39, 0.29) is 35.7 Å². The molecule has 10 rings (SSSR count). The molecular formula is C53H60FN7O7S. The van der Waals surface area contributed by atoms with Crippen molar-refractivity contribution >= 4 is 68.8 Å². The molecule has 16 heteroatoms. The van der Waals surface area contributed by atoms with Crippen LogP contribution in [0.3, 0.4) is 0 Å². The molecule has 0 radical (unpaired) electrons. The SMILES string of the molecule is COC(=O)N[C@H](C(=O)N1CCC[C@H]1C1=NC=C(c2cc(F)c3c(c2)OC(c2cc4c(s2)CCCC4)n2c-3cc3cc(C4=CN=C([C@@H]5CCCN5C(=O)[C@@H](NC(=O)OC)C(C)C)C4)ccc32)C1)C(C)C. The van der Waals surface area contributed by atoms with Crippen molar-refractivity contribution in [2.24, 2.45) is 21.8 Å². The van der Waals surface area contributed by atoms with Crippen molar-refractivity contribution in [1.82, 2.24) is 25.0 Å². The minimum Gasteiger partial charge on any atom is -0.464 e. The van der Waals surface area contributed by atoms with Gasteiger partial charge in [0.25, 0.3) is 0 Å². The van der Waals surface area contributed by atoms with Crippen molar-refractivity contribution in [2.45, 2.75) is 122 Å². The first-order chi connectivity index (χ1) is 33.3. The molecule has 6 aliphatic rings. The van der Waals surface area contributed by atoms with Gasteiger partial charge in [0.2, 0.25) is 18.0 Å². The van der Waals surface area contributed by atoms with E-state index >= 15 is 4.39 Å². The number of aromatic nitrogens is 1. The largest absolute Gasteiger partial charge is 0.464 e. The third-order valence-corrected chi connectivity index (χ3v) is 16.0. The van der Waals surface area contributed by atoms with Crippen molar-refractivity contribution in [1.29, 1.82) is 0 Å². The van der Waals surface area contributed by atoms with Crippen LogP contribution in [0.1, 0.15) is 112 Å². The topological polar surface area (TPSA) is 156 Å². The fraction of sp³-hybridized carbons (Fsp3) is 0.472. The molecule has 0 saturated carbocycles. The second kappa shape index (κ2) is 18.9. The Bertz CT molecular complexity index is 2850. The highest BCUT2D eigenvalue weighted by Crippen LogP contribution is 2.49. The number of nitrogens with zero attached hydrogens (tertiary/aromatic N) is 5. The van der Waals surface area contributed by atoms with E-state index in [0.29, 0.717) is 42.8 Å². The molecule has 362 valence electrons. The molecule has 0 bridgehead atoms. The van der Waals surface area contributed by atoms with Crippen molar-refractivity contribution < 1.29 is 37.8 Å². The van der Waals surface area contributed by atoms with Crippen LogP contribution in [0.15, 0.2) is 64.8 Å². The first-order valence-corrected chi connectivity index (χ1v) is 25.2. The number of benzene rings is 2. The minimum atomic E-state index is -0.737. The molecule has 0 spiro atoms. The van der Waals surface area contributed by atoms with Gasteiger partial charge in [-0.2, -0.15) is 0 Å². The Balaban J connectivity index is 0.924. The molecular weight excluding hydrogens is 898 g/mol. The van der Waals surface area contributed by atoms with E-state index in [0.717, 1.165) is 101 Å². The molecule has 2 fully saturated rings. The lowest BCUT2D eigenvalue weighted by Gasteiger charge is -2.31. The molecule has 1 unspecified atom stereocenters. The first-order valence-electron chi connectivity index (χ1n) is 24.4. The smallest absolute Gasteiger partial charge is 0.407 e. The fourth-order valence-corrected chi connectivity index (χ4v) is 12.4. The van der Waals surface area contributed by atoms with Gasteiger partial charge in [0.1, 0.15) is 23.7 Å². The predicted molar refractivity (Wildman–Crippen MR) is 265 cm³/mol. The molecule has 5 aliphatic heterocycles. The summed E-state index contributed by atoms with van der Waals surface area (Å²) >= 11 is 1.78. The van der Waals surface area contributed by atoms with E-state index in [4.69, 9.17) is 24.2 Å². The van der Waals surface area contributed by atoms with E-state index in [2.05, 4.69) is 45.5 Å². The van der Waals surface area contributed by atoms with E-state index in [1.807, 2.05) is 49.8 Å². The maximum Gasteiger partial charge on any atom is 0.407 e. The van der Waals surface area contributed by atoms with Gasteiger partial charge in [-0.05, 0) is 127 Å². The lowest BCUT2D eigenvalue weighted by Crippen LogP contribution is -2.53. The lowest BCUT2D eigenvalue weighted by atomic mass is 9.95. The number of likely N-dealkylation sites (tertiary alicyclic amines) is 2. The molecule has 2 aromatic heterocycles. The molecule has 4 aromatic rings. The zero-order valence-corrected chi connectivity index (χ0v) is 40.9. The minimum absolute atomic E-state index is 0.126. The summed E-state index contributed by atoms with van der Waals surface area (Å²) in [6.07, 6.45) is 10.5. The summed E-state index contributed by atoms with van der Waals surface area (Å²) in [4.78, 5) is 67.9. The standard InChI is InChI=1S/C53H60FN7O7S/c1-28(2)47(57-52(64)66-5)49(62)59-17-9-12-40(59)37-21-34(26-55-37)30-15-16-39-33(19-30)23-42-46-36(54)20-32(24-43(46)68-51(61(39)42)45-25-31-11-7-8-14-44(31)69-45)35-22-38(56-27-35)41-13-10-18-60(41)50(63)48(29(3)4)58-53(65)67-6/h15-16,19-20,23-29,40-41,47-48,51H,7-14,17-18,21-22H2,1-6H3,(H,57,64)(H,58,65)/t40-,41-,47-,48-,51?/m0/s1. The van der Waals surface area contributed by atoms with E-state index in [1.165, 1.54) is 24.7 Å². The highest BCUT2D eigenvalue weighted by Gasteiger charge is 2.41. The number of nitrogens with one attached hydrogen (secondary N) is 2. The normalized spacial score (nSPS) is 21.5. The Morgan fingerprint density at radius 2 is 1.35 bits per heavy atom. The summed E-state index contributed by atoms with van der Waals surface area (Å²) in [6.45, 7) is 8.75. The van der Waals surface area contributed by atoms with Gasteiger partial charge in [-0.15, -0.1) is 11.3 Å². The number of allylic oxidation sites excluding steroid dienone is 2. The highest BCUT2D eigenvalue weighted by molar-refractivity contribution is 7.12. The van der Waals surface area contributed by atoms with E-state index in [1.54, 1.807) is 23.6 Å². The number of methoxy groups -OCH3 is 2. The van der Waals surface area contributed by atoms with Gasteiger partial charge >= 0.3 is 12.2 Å². The number of aliphatic imine (C=N–C) groups is 2. The number of aryl methyl sites for hydroxylation is 2. The van der Waals surface area contributed by atoms with Crippen LogP contribution >= 0.6 is 11.3 Å². The number of alkyl carbamates (subject to hydrolysis) is 2. The Labute approximate surface area is 405 Å². The van der Waals surface area contributed by atoms with E-state index < -0.39 is 36.3 Å². The Kier molecular flexibility index (Phi) is 12.7. The van der Waals surface area contributed by atoms with Crippen LogP contribution < -0.4 is 15.4 Å². The van der Waals surface area contributed by atoms with Crippen LogP contribution in [0.4, 0.5) is 14.0 Å². The number of carbonyl (C=O) groups is 4. The number of hydrogen-bond acceptors (Lipinski definition) is 10. The summed E-state index contributed by atoms with van der Waals surface area (Å²) in [5.41, 5.74) is 8.74. The number of halogens is 1. The third kappa shape index (κ3) is 8.63. The molecule has 4 amide bonds. The predicted octanol–water partition coefficient (Wildman–Crippen LogP) is 9.44. The summed E-state index contributed by atoms with van der Waals surface area (Å²) in [6, 6.07) is 12.4.